The fraction of sp³-hybridized carbons (Fsp3) is 0.333. The van der Waals surface area contributed by atoms with Gasteiger partial charge in [-0.15, -0.1) is 0 Å². The second kappa shape index (κ2) is 6.13. The van der Waals surface area contributed by atoms with E-state index in [9.17, 15) is 9.59 Å². The lowest BCUT2D eigenvalue weighted by molar-refractivity contribution is 0.257. The Hall–Kier alpha value is -2.60. The minimum absolute atomic E-state index is 0.118. The van der Waals surface area contributed by atoms with Crippen molar-refractivity contribution < 1.29 is 4.79 Å². The molecule has 1 aromatic heterocycles. The summed E-state index contributed by atoms with van der Waals surface area (Å²) in [5.74, 6) is 0.875. The molecular weight excluding hydrogens is 304 g/mol. The van der Waals surface area contributed by atoms with E-state index in [1.807, 2.05) is 28.8 Å². The fourth-order valence-electron chi connectivity index (χ4n) is 3.69. The number of amides is 2. The van der Waals surface area contributed by atoms with Gasteiger partial charge in [0.05, 0.1) is 0 Å². The number of nitrogens with one attached hydrogen (secondary N) is 3. The van der Waals surface area contributed by atoms with Crippen LogP contribution in [0.3, 0.4) is 0 Å². The van der Waals surface area contributed by atoms with E-state index >= 15 is 0 Å². The van der Waals surface area contributed by atoms with Crippen molar-refractivity contribution in [1.29, 1.82) is 0 Å². The van der Waals surface area contributed by atoms with E-state index in [0.29, 0.717) is 29.8 Å². The van der Waals surface area contributed by atoms with Gasteiger partial charge in [-0.1, -0.05) is 18.2 Å². The Morgan fingerprint density at radius 3 is 2.75 bits per heavy atom. The van der Waals surface area contributed by atoms with Gasteiger partial charge in [-0.2, -0.15) is 0 Å². The van der Waals surface area contributed by atoms with Crippen LogP contribution in [0.2, 0.25) is 0 Å². The van der Waals surface area contributed by atoms with Crippen LogP contribution < -0.4 is 21.5 Å². The number of pyridine rings is 1. The van der Waals surface area contributed by atoms with Gasteiger partial charge < -0.3 is 20.5 Å². The van der Waals surface area contributed by atoms with Crippen molar-refractivity contribution in [2.24, 2.45) is 5.92 Å². The number of aromatic nitrogens is 1. The molecule has 2 aromatic rings. The molecule has 0 radical (unpaired) electrons. The van der Waals surface area contributed by atoms with Crippen molar-refractivity contribution in [2.45, 2.75) is 18.9 Å². The number of para-hydroxylation sites is 1. The quantitative estimate of drug-likeness (QED) is 0.793. The van der Waals surface area contributed by atoms with Crippen molar-refractivity contribution in [3.05, 3.63) is 58.5 Å². The predicted octanol–water partition coefficient (Wildman–Crippen LogP) is 2.20. The summed E-state index contributed by atoms with van der Waals surface area (Å²) in [6, 6.07) is 12.4. The monoisotopic (exact) mass is 324 g/mol. The normalized spacial score (nSPS) is 21.7. The summed E-state index contributed by atoms with van der Waals surface area (Å²) in [6.45, 7) is 2.58. The number of nitrogens with zero attached hydrogens (tertiary/aromatic N) is 1. The van der Waals surface area contributed by atoms with E-state index in [1.165, 1.54) is 0 Å². The van der Waals surface area contributed by atoms with E-state index < -0.39 is 6.03 Å². The van der Waals surface area contributed by atoms with Crippen LogP contribution in [-0.2, 0) is 6.54 Å². The van der Waals surface area contributed by atoms with Gasteiger partial charge in [0.2, 0.25) is 0 Å². The van der Waals surface area contributed by atoms with Crippen molar-refractivity contribution in [3.8, 4) is 0 Å². The molecule has 6 heteroatoms. The van der Waals surface area contributed by atoms with Gasteiger partial charge in [0.1, 0.15) is 5.69 Å². The van der Waals surface area contributed by atoms with Crippen LogP contribution >= 0.6 is 0 Å². The first-order valence-electron chi connectivity index (χ1n) is 8.28. The third kappa shape index (κ3) is 2.80. The molecule has 4 rings (SSSR count). The summed E-state index contributed by atoms with van der Waals surface area (Å²) in [5, 5.41) is 8.83. The summed E-state index contributed by atoms with van der Waals surface area (Å²) in [5.41, 5.74) is 1.96. The van der Waals surface area contributed by atoms with Crippen molar-refractivity contribution in [1.82, 2.24) is 9.88 Å². The van der Waals surface area contributed by atoms with Gasteiger partial charge in [-0.05, 0) is 43.1 Å². The molecule has 6 nitrogen and oxygen atoms in total. The van der Waals surface area contributed by atoms with Gasteiger partial charge in [-0.25, -0.2) is 4.79 Å². The summed E-state index contributed by atoms with van der Waals surface area (Å²) < 4.78 is 1.83. The molecule has 0 saturated carbocycles. The third-order valence-corrected chi connectivity index (χ3v) is 4.79. The summed E-state index contributed by atoms with van der Waals surface area (Å²) in [6.07, 6.45) is 1.13. The molecule has 0 spiro atoms. The molecule has 2 atom stereocenters. The molecule has 24 heavy (non-hydrogen) atoms. The maximum absolute atomic E-state index is 12.7. The first kappa shape index (κ1) is 15.0. The van der Waals surface area contributed by atoms with Crippen LogP contribution in [0.5, 0.6) is 0 Å². The number of anilines is 2. The molecule has 1 aromatic carbocycles. The first-order chi connectivity index (χ1) is 11.7. The minimum atomic E-state index is -0.406. The van der Waals surface area contributed by atoms with E-state index in [2.05, 4.69) is 16.0 Å². The molecule has 124 valence electrons. The SMILES string of the molecule is O=C(Nc1ccccc1)Nc1ccc2n(c1=O)C[C@@H]1CNC[C@H]2C1. The average molecular weight is 324 g/mol. The Labute approximate surface area is 139 Å². The van der Waals surface area contributed by atoms with Crippen LogP contribution in [0.4, 0.5) is 16.2 Å². The molecular formula is C18H20N4O2. The van der Waals surface area contributed by atoms with E-state index in [-0.39, 0.29) is 5.56 Å². The summed E-state index contributed by atoms with van der Waals surface area (Å²) >= 11 is 0. The van der Waals surface area contributed by atoms with E-state index in [0.717, 1.165) is 25.2 Å². The molecule has 2 aliphatic heterocycles. The highest BCUT2D eigenvalue weighted by molar-refractivity contribution is 5.99. The molecule has 0 aliphatic carbocycles. The highest BCUT2D eigenvalue weighted by atomic mass is 16.2. The Morgan fingerprint density at radius 2 is 1.92 bits per heavy atom. The largest absolute Gasteiger partial charge is 0.323 e. The van der Waals surface area contributed by atoms with Crippen molar-refractivity contribution in [2.75, 3.05) is 23.7 Å². The summed E-state index contributed by atoms with van der Waals surface area (Å²) in [7, 11) is 0. The third-order valence-electron chi connectivity index (χ3n) is 4.79. The zero-order chi connectivity index (χ0) is 16.5. The van der Waals surface area contributed by atoms with Crippen LogP contribution in [0, 0.1) is 5.92 Å². The van der Waals surface area contributed by atoms with Gasteiger partial charge in [-0.3, -0.25) is 4.79 Å². The number of urea groups is 1. The standard InChI is InChI=1S/C18H20N4O2/c23-17-15(21-18(24)20-14-4-2-1-3-5-14)6-7-16-13-8-12(9-19-10-13)11-22(16)17/h1-7,12-13,19H,8-11H2,(H2,20,21,24)/t12-,13+/m0/s1. The highest BCUT2D eigenvalue weighted by Crippen LogP contribution is 2.32. The van der Waals surface area contributed by atoms with E-state index in [4.69, 9.17) is 0 Å². The summed E-state index contributed by atoms with van der Waals surface area (Å²) in [4.78, 5) is 24.9. The maximum atomic E-state index is 12.7. The lowest BCUT2D eigenvalue weighted by Crippen LogP contribution is -2.45. The lowest BCUT2D eigenvalue weighted by atomic mass is 9.84. The fourth-order valence-corrected chi connectivity index (χ4v) is 3.69. The zero-order valence-electron chi connectivity index (χ0n) is 13.3. The Kier molecular flexibility index (Phi) is 3.82. The second-order valence-electron chi connectivity index (χ2n) is 6.49. The number of carbonyl (C=O) groups is 1. The second-order valence-corrected chi connectivity index (χ2v) is 6.49. The zero-order valence-corrected chi connectivity index (χ0v) is 13.3. The molecule has 2 aliphatic rings. The average Bonchev–Trinajstić information content (AvgIpc) is 2.59. The van der Waals surface area contributed by atoms with Gasteiger partial charge in [0.25, 0.3) is 5.56 Å². The number of rotatable bonds is 2. The topological polar surface area (TPSA) is 75.2 Å². The highest BCUT2D eigenvalue weighted by Gasteiger charge is 2.31. The molecule has 1 fully saturated rings. The molecule has 2 bridgehead atoms. The molecule has 3 heterocycles. The van der Waals surface area contributed by atoms with Crippen molar-refractivity contribution in [3.63, 3.8) is 0 Å². The van der Waals surface area contributed by atoms with Crippen LogP contribution in [0.1, 0.15) is 18.0 Å². The number of hydrogen-bond donors (Lipinski definition) is 3. The number of hydrogen-bond acceptors (Lipinski definition) is 3. The van der Waals surface area contributed by atoms with Gasteiger partial charge in [0.15, 0.2) is 0 Å². The van der Waals surface area contributed by atoms with Crippen LogP contribution in [0.25, 0.3) is 0 Å². The first-order valence-corrected chi connectivity index (χ1v) is 8.28. The molecule has 2 amide bonds. The number of benzene rings is 1. The predicted molar refractivity (Wildman–Crippen MR) is 93.5 cm³/mol. The molecule has 3 N–H and O–H groups in total. The maximum Gasteiger partial charge on any atom is 0.323 e. The van der Waals surface area contributed by atoms with Crippen molar-refractivity contribution >= 4 is 17.4 Å². The number of carbonyl (C=O) groups excluding carboxylic acids is 1. The molecule has 0 unspecified atom stereocenters. The van der Waals surface area contributed by atoms with E-state index in [1.54, 1.807) is 18.2 Å². The Morgan fingerprint density at radius 1 is 1.08 bits per heavy atom. The van der Waals surface area contributed by atoms with Gasteiger partial charge >= 0.3 is 6.03 Å². The van der Waals surface area contributed by atoms with Gasteiger partial charge in [0, 0.05) is 30.4 Å². The van der Waals surface area contributed by atoms with Crippen LogP contribution in [0.15, 0.2) is 47.3 Å². The lowest BCUT2D eigenvalue weighted by Gasteiger charge is -2.37. The number of piperidine rings is 1. The number of fused-ring (bicyclic) bond motifs is 4. The Bertz CT molecular complexity index is 816. The smallest absolute Gasteiger partial charge is 0.316 e. The molecule has 1 saturated heterocycles. The Balaban J connectivity index is 1.55. The van der Waals surface area contributed by atoms with Crippen LogP contribution in [-0.4, -0.2) is 23.7 Å². The minimum Gasteiger partial charge on any atom is -0.316 e.